The number of methoxy groups -OCH3 is 1. The van der Waals surface area contributed by atoms with Gasteiger partial charge in [-0.1, -0.05) is 23.7 Å². The zero-order chi connectivity index (χ0) is 24.3. The molecule has 0 spiro atoms. The number of esters is 1. The highest BCUT2D eigenvalue weighted by Gasteiger charge is 2.13. The van der Waals surface area contributed by atoms with Crippen molar-refractivity contribution in [3.8, 4) is 23.0 Å². The lowest BCUT2D eigenvalue weighted by Gasteiger charge is -2.11. The molecule has 8 nitrogen and oxygen atoms in total. The van der Waals surface area contributed by atoms with Crippen molar-refractivity contribution in [1.82, 2.24) is 5.43 Å². The highest BCUT2D eigenvalue weighted by Crippen LogP contribution is 2.29. The van der Waals surface area contributed by atoms with Gasteiger partial charge in [-0.2, -0.15) is 5.10 Å². The molecule has 9 heteroatoms. The van der Waals surface area contributed by atoms with E-state index in [1.807, 2.05) is 6.92 Å². The van der Waals surface area contributed by atoms with Crippen LogP contribution < -0.4 is 24.4 Å². The van der Waals surface area contributed by atoms with E-state index in [9.17, 15) is 9.59 Å². The van der Waals surface area contributed by atoms with Crippen molar-refractivity contribution in [3.05, 3.63) is 82.9 Å². The van der Waals surface area contributed by atoms with Crippen LogP contribution in [0.4, 0.5) is 0 Å². The van der Waals surface area contributed by atoms with Crippen LogP contribution in [-0.4, -0.2) is 38.4 Å². The molecule has 3 aromatic carbocycles. The van der Waals surface area contributed by atoms with Gasteiger partial charge in [-0.25, -0.2) is 10.2 Å². The first-order chi connectivity index (χ1) is 16.5. The molecule has 0 aliphatic rings. The van der Waals surface area contributed by atoms with Crippen molar-refractivity contribution in [2.75, 3.05) is 20.3 Å². The average molecular weight is 483 g/mol. The van der Waals surface area contributed by atoms with Gasteiger partial charge in [-0.15, -0.1) is 0 Å². The number of para-hydroxylation sites is 1. The van der Waals surface area contributed by atoms with Crippen molar-refractivity contribution in [2.45, 2.75) is 6.92 Å². The summed E-state index contributed by atoms with van der Waals surface area (Å²) in [6.07, 6.45) is 1.44. The van der Waals surface area contributed by atoms with Gasteiger partial charge in [0.15, 0.2) is 18.1 Å². The summed E-state index contributed by atoms with van der Waals surface area (Å²) in [5.74, 6) is 0.683. The Morgan fingerprint density at radius 2 is 1.74 bits per heavy atom. The lowest BCUT2D eigenvalue weighted by atomic mass is 10.2. The molecule has 0 aromatic heterocycles. The molecular formula is C25H23ClN2O6. The van der Waals surface area contributed by atoms with E-state index >= 15 is 0 Å². The van der Waals surface area contributed by atoms with Crippen LogP contribution in [0.2, 0.25) is 5.02 Å². The number of halogens is 1. The zero-order valence-corrected chi connectivity index (χ0v) is 19.4. The van der Waals surface area contributed by atoms with E-state index in [2.05, 4.69) is 10.5 Å². The number of ether oxygens (including phenoxy) is 4. The van der Waals surface area contributed by atoms with Crippen molar-refractivity contribution >= 4 is 29.7 Å². The summed E-state index contributed by atoms with van der Waals surface area (Å²) in [6, 6.07) is 18.3. The summed E-state index contributed by atoms with van der Waals surface area (Å²) in [7, 11) is 1.55. The molecule has 176 valence electrons. The Kier molecular flexibility index (Phi) is 8.88. The summed E-state index contributed by atoms with van der Waals surface area (Å²) in [5.41, 5.74) is 3.37. The topological polar surface area (TPSA) is 95.5 Å². The third-order valence-corrected chi connectivity index (χ3v) is 4.71. The Labute approximate surface area is 202 Å². The van der Waals surface area contributed by atoms with E-state index in [0.717, 1.165) is 0 Å². The number of carbonyl (C=O) groups is 2. The molecule has 0 bridgehead atoms. The number of hydrazone groups is 1. The van der Waals surface area contributed by atoms with Crippen molar-refractivity contribution in [3.63, 3.8) is 0 Å². The van der Waals surface area contributed by atoms with Gasteiger partial charge < -0.3 is 18.9 Å². The first kappa shape index (κ1) is 24.6. The second-order valence-corrected chi connectivity index (χ2v) is 7.18. The molecular weight excluding hydrogens is 460 g/mol. The van der Waals surface area contributed by atoms with Crippen LogP contribution in [0.1, 0.15) is 22.8 Å². The van der Waals surface area contributed by atoms with Gasteiger partial charge in [0.2, 0.25) is 0 Å². The largest absolute Gasteiger partial charge is 0.497 e. The predicted octanol–water partition coefficient (Wildman–Crippen LogP) is 4.50. The van der Waals surface area contributed by atoms with Crippen molar-refractivity contribution in [2.24, 2.45) is 5.10 Å². The minimum atomic E-state index is -0.532. The molecule has 3 rings (SSSR count). The van der Waals surface area contributed by atoms with Crippen LogP contribution in [-0.2, 0) is 4.79 Å². The molecule has 0 aliphatic heterocycles. The number of rotatable bonds is 10. The summed E-state index contributed by atoms with van der Waals surface area (Å²) >= 11 is 5.99. The van der Waals surface area contributed by atoms with Crippen LogP contribution >= 0.6 is 11.6 Å². The molecule has 0 saturated carbocycles. The molecule has 0 heterocycles. The molecule has 0 saturated heterocycles. The summed E-state index contributed by atoms with van der Waals surface area (Å²) in [6.45, 7) is 1.93. The van der Waals surface area contributed by atoms with E-state index in [-0.39, 0.29) is 12.4 Å². The Bertz CT molecular complexity index is 1160. The maximum atomic E-state index is 12.5. The fraction of sp³-hybridized carbons (Fsp3) is 0.160. The molecule has 0 unspecified atom stereocenters. The third-order valence-electron chi connectivity index (χ3n) is 4.39. The SMILES string of the molecule is CCOc1cc(/C=N/NC(=O)COc2ccccc2Cl)ccc1OC(=O)c1ccc(OC)cc1. The standard InChI is InChI=1S/C25H23ClN2O6/c1-3-32-23-14-17(15-27-28-24(29)16-33-21-7-5-4-6-20(21)26)8-13-22(23)34-25(30)18-9-11-19(31-2)12-10-18/h4-15H,3,16H2,1-2H3,(H,28,29)/b27-15+. The molecule has 1 N–H and O–H groups in total. The fourth-order valence-electron chi connectivity index (χ4n) is 2.76. The summed E-state index contributed by atoms with van der Waals surface area (Å²) < 4.78 is 21.5. The summed E-state index contributed by atoms with van der Waals surface area (Å²) in [4.78, 5) is 24.4. The smallest absolute Gasteiger partial charge is 0.343 e. The predicted molar refractivity (Wildman–Crippen MR) is 128 cm³/mol. The normalized spacial score (nSPS) is 10.6. The van der Waals surface area contributed by atoms with E-state index in [0.29, 0.717) is 40.0 Å². The minimum Gasteiger partial charge on any atom is -0.497 e. The average Bonchev–Trinajstić information content (AvgIpc) is 2.85. The zero-order valence-electron chi connectivity index (χ0n) is 18.6. The van der Waals surface area contributed by atoms with Crippen LogP contribution in [0, 0.1) is 0 Å². The number of nitrogens with zero attached hydrogens (tertiary/aromatic N) is 1. The first-order valence-corrected chi connectivity index (χ1v) is 10.7. The van der Waals surface area contributed by atoms with Gasteiger partial charge >= 0.3 is 5.97 Å². The summed E-state index contributed by atoms with van der Waals surface area (Å²) in [5, 5.41) is 4.33. The Balaban J connectivity index is 1.60. The Morgan fingerprint density at radius 3 is 2.44 bits per heavy atom. The lowest BCUT2D eigenvalue weighted by molar-refractivity contribution is -0.123. The van der Waals surface area contributed by atoms with E-state index in [4.69, 9.17) is 30.5 Å². The van der Waals surface area contributed by atoms with Crippen LogP contribution in [0.5, 0.6) is 23.0 Å². The minimum absolute atomic E-state index is 0.245. The second-order valence-electron chi connectivity index (χ2n) is 6.77. The molecule has 34 heavy (non-hydrogen) atoms. The maximum absolute atomic E-state index is 12.5. The molecule has 3 aromatic rings. The highest BCUT2D eigenvalue weighted by atomic mass is 35.5. The van der Waals surface area contributed by atoms with Crippen LogP contribution in [0.15, 0.2) is 71.8 Å². The van der Waals surface area contributed by atoms with Gasteiger partial charge in [0.25, 0.3) is 5.91 Å². The van der Waals surface area contributed by atoms with Gasteiger partial charge in [-0.05, 0) is 67.1 Å². The Morgan fingerprint density at radius 1 is 0.971 bits per heavy atom. The number of nitrogens with one attached hydrogen (secondary N) is 1. The van der Waals surface area contributed by atoms with Gasteiger partial charge in [0, 0.05) is 0 Å². The molecule has 0 radical (unpaired) electrons. The van der Waals surface area contributed by atoms with Crippen molar-refractivity contribution < 1.29 is 28.5 Å². The number of amides is 1. The molecule has 0 aliphatic carbocycles. The monoisotopic (exact) mass is 482 g/mol. The number of hydrogen-bond acceptors (Lipinski definition) is 7. The van der Waals surface area contributed by atoms with Gasteiger partial charge in [0.1, 0.15) is 11.5 Å². The molecule has 0 atom stereocenters. The van der Waals surface area contributed by atoms with Crippen molar-refractivity contribution in [1.29, 1.82) is 0 Å². The van der Waals surface area contributed by atoms with E-state index < -0.39 is 11.9 Å². The lowest BCUT2D eigenvalue weighted by Crippen LogP contribution is -2.24. The molecule has 0 fully saturated rings. The fourth-order valence-corrected chi connectivity index (χ4v) is 2.95. The van der Waals surface area contributed by atoms with E-state index in [1.54, 1.807) is 73.8 Å². The van der Waals surface area contributed by atoms with Gasteiger partial charge in [0.05, 0.1) is 30.5 Å². The highest BCUT2D eigenvalue weighted by molar-refractivity contribution is 6.32. The number of benzene rings is 3. The Hall–Kier alpha value is -4.04. The van der Waals surface area contributed by atoms with Gasteiger partial charge in [-0.3, -0.25) is 4.79 Å². The molecule has 1 amide bonds. The number of hydrogen-bond donors (Lipinski definition) is 1. The van der Waals surface area contributed by atoms with E-state index in [1.165, 1.54) is 6.21 Å². The van der Waals surface area contributed by atoms with Crippen LogP contribution in [0.3, 0.4) is 0 Å². The number of carbonyl (C=O) groups excluding carboxylic acids is 2. The second kappa shape index (κ2) is 12.3. The quantitative estimate of drug-likeness (QED) is 0.198. The first-order valence-electron chi connectivity index (χ1n) is 10.3. The van der Waals surface area contributed by atoms with Crippen LogP contribution in [0.25, 0.3) is 0 Å². The maximum Gasteiger partial charge on any atom is 0.343 e. The third kappa shape index (κ3) is 6.98.